The first kappa shape index (κ1) is 6.80. The Hall–Kier alpha value is -1.32. The van der Waals surface area contributed by atoms with Crippen molar-refractivity contribution in [2.24, 2.45) is 0 Å². The van der Waals surface area contributed by atoms with Crippen molar-refractivity contribution < 1.29 is 4.74 Å². The van der Waals surface area contributed by atoms with Crippen LogP contribution in [0.3, 0.4) is 0 Å². The fraction of sp³-hybridized carbons (Fsp3) is 0.333. The molecular formula is C6H9N3O. The number of aromatic nitrogens is 2. The lowest BCUT2D eigenvalue weighted by molar-refractivity contribution is 0.411. The lowest BCUT2D eigenvalue weighted by Crippen LogP contribution is -1.95. The Morgan fingerprint density at radius 2 is 2.00 bits per heavy atom. The van der Waals surface area contributed by atoms with Gasteiger partial charge in [-0.05, 0) is 0 Å². The van der Waals surface area contributed by atoms with Crippen LogP contribution in [-0.2, 0) is 0 Å². The molecule has 54 valence electrons. The second kappa shape index (κ2) is 3.00. The molecule has 0 bridgehead atoms. The van der Waals surface area contributed by atoms with Gasteiger partial charge in [0.1, 0.15) is 0 Å². The Labute approximate surface area is 59.3 Å². The van der Waals surface area contributed by atoms with Crippen LogP contribution >= 0.6 is 0 Å². The van der Waals surface area contributed by atoms with Gasteiger partial charge in [0.05, 0.1) is 19.5 Å². The van der Waals surface area contributed by atoms with Crippen molar-refractivity contribution in [2.75, 3.05) is 19.5 Å². The molecule has 0 aliphatic carbocycles. The van der Waals surface area contributed by atoms with E-state index in [1.54, 1.807) is 26.6 Å². The zero-order chi connectivity index (χ0) is 7.40. The van der Waals surface area contributed by atoms with Crippen LogP contribution in [0.15, 0.2) is 12.4 Å². The number of methoxy groups -OCH3 is 1. The maximum Gasteiger partial charge on any atom is 0.222 e. The van der Waals surface area contributed by atoms with Crippen molar-refractivity contribution in [3.8, 4) is 5.75 Å². The molecule has 0 amide bonds. The minimum Gasteiger partial charge on any atom is -0.494 e. The van der Waals surface area contributed by atoms with Crippen LogP contribution in [0.25, 0.3) is 0 Å². The first-order valence-electron chi connectivity index (χ1n) is 2.90. The summed E-state index contributed by atoms with van der Waals surface area (Å²) in [5.41, 5.74) is 0. The first-order chi connectivity index (χ1) is 4.86. The molecule has 0 aromatic carbocycles. The summed E-state index contributed by atoms with van der Waals surface area (Å²) >= 11 is 0. The fourth-order valence-corrected chi connectivity index (χ4v) is 0.551. The molecule has 10 heavy (non-hydrogen) atoms. The van der Waals surface area contributed by atoms with Crippen LogP contribution in [0, 0.1) is 0 Å². The average Bonchev–Trinajstić information content (AvgIpc) is 2.05. The minimum atomic E-state index is 0.598. The number of nitrogens with one attached hydrogen (secondary N) is 1. The highest BCUT2D eigenvalue weighted by atomic mass is 16.5. The highest BCUT2D eigenvalue weighted by molar-refractivity contribution is 5.25. The van der Waals surface area contributed by atoms with E-state index in [4.69, 9.17) is 4.74 Å². The van der Waals surface area contributed by atoms with Crippen LogP contribution in [-0.4, -0.2) is 24.1 Å². The average molecular weight is 139 g/mol. The topological polar surface area (TPSA) is 47.0 Å². The molecule has 4 heteroatoms. The van der Waals surface area contributed by atoms with Gasteiger partial charge >= 0.3 is 0 Å². The number of nitrogens with zero attached hydrogens (tertiary/aromatic N) is 2. The fourth-order valence-electron chi connectivity index (χ4n) is 0.551. The summed E-state index contributed by atoms with van der Waals surface area (Å²) in [4.78, 5) is 7.84. The highest BCUT2D eigenvalue weighted by Crippen LogP contribution is 2.05. The molecule has 1 aromatic rings. The first-order valence-corrected chi connectivity index (χ1v) is 2.90. The van der Waals surface area contributed by atoms with E-state index in [1.165, 1.54) is 0 Å². The monoisotopic (exact) mass is 139 g/mol. The summed E-state index contributed by atoms with van der Waals surface area (Å²) in [6.45, 7) is 0. The number of anilines is 1. The van der Waals surface area contributed by atoms with E-state index in [0.717, 1.165) is 0 Å². The summed E-state index contributed by atoms with van der Waals surface area (Å²) in [5.74, 6) is 1.26. The molecule has 0 fully saturated rings. The number of ether oxygens (including phenoxy) is 1. The molecule has 0 saturated heterocycles. The van der Waals surface area contributed by atoms with Crippen molar-refractivity contribution in [3.63, 3.8) is 0 Å². The van der Waals surface area contributed by atoms with Gasteiger partial charge in [0.25, 0.3) is 0 Å². The lowest BCUT2D eigenvalue weighted by atomic mass is 10.6. The van der Waals surface area contributed by atoms with Gasteiger partial charge in [-0.1, -0.05) is 0 Å². The predicted octanol–water partition coefficient (Wildman–Crippen LogP) is 0.527. The third-order valence-electron chi connectivity index (χ3n) is 1.09. The smallest absolute Gasteiger partial charge is 0.222 e. The van der Waals surface area contributed by atoms with Crippen molar-refractivity contribution in [1.29, 1.82) is 0 Å². The summed E-state index contributed by atoms with van der Waals surface area (Å²) in [7, 11) is 3.35. The molecule has 1 rings (SSSR count). The van der Waals surface area contributed by atoms with E-state index >= 15 is 0 Å². The van der Waals surface area contributed by atoms with Gasteiger partial charge in [0, 0.05) is 7.05 Å². The SMILES string of the molecule is CNc1ncc(OC)cn1. The van der Waals surface area contributed by atoms with Crippen molar-refractivity contribution >= 4 is 5.95 Å². The molecule has 1 aromatic heterocycles. The van der Waals surface area contributed by atoms with Crippen LogP contribution in [0.4, 0.5) is 5.95 Å². The van der Waals surface area contributed by atoms with E-state index in [1.807, 2.05) is 0 Å². The molecule has 0 aliphatic rings. The van der Waals surface area contributed by atoms with Gasteiger partial charge in [-0.3, -0.25) is 0 Å². The van der Waals surface area contributed by atoms with Gasteiger partial charge in [-0.15, -0.1) is 0 Å². The maximum atomic E-state index is 4.86. The second-order valence-corrected chi connectivity index (χ2v) is 1.70. The van der Waals surface area contributed by atoms with Gasteiger partial charge < -0.3 is 10.1 Å². The second-order valence-electron chi connectivity index (χ2n) is 1.70. The zero-order valence-corrected chi connectivity index (χ0v) is 5.96. The Bertz CT molecular complexity index is 174. The predicted molar refractivity (Wildman–Crippen MR) is 38.1 cm³/mol. The van der Waals surface area contributed by atoms with E-state index in [2.05, 4.69) is 15.3 Å². The summed E-state index contributed by atoms with van der Waals surface area (Å²) in [6, 6.07) is 0. The van der Waals surface area contributed by atoms with Crippen LogP contribution in [0.1, 0.15) is 0 Å². The molecule has 0 saturated carbocycles. The quantitative estimate of drug-likeness (QED) is 0.649. The van der Waals surface area contributed by atoms with Gasteiger partial charge in [-0.25, -0.2) is 9.97 Å². The van der Waals surface area contributed by atoms with Gasteiger partial charge in [0.2, 0.25) is 5.95 Å². The molecule has 0 spiro atoms. The van der Waals surface area contributed by atoms with Gasteiger partial charge in [-0.2, -0.15) is 0 Å². The third kappa shape index (κ3) is 1.34. The molecule has 1 N–H and O–H groups in total. The Morgan fingerprint density at radius 1 is 1.40 bits per heavy atom. The highest BCUT2D eigenvalue weighted by Gasteiger charge is 1.91. The van der Waals surface area contributed by atoms with Crippen molar-refractivity contribution in [3.05, 3.63) is 12.4 Å². The molecule has 0 aliphatic heterocycles. The molecule has 0 atom stereocenters. The Kier molecular flexibility index (Phi) is 2.04. The summed E-state index contributed by atoms with van der Waals surface area (Å²) in [6.07, 6.45) is 3.22. The maximum absolute atomic E-state index is 4.86. The Morgan fingerprint density at radius 3 is 2.40 bits per heavy atom. The largest absolute Gasteiger partial charge is 0.494 e. The summed E-state index contributed by atoms with van der Waals surface area (Å²) in [5, 5.41) is 2.80. The molecule has 4 nitrogen and oxygen atoms in total. The molecule has 0 radical (unpaired) electrons. The molecule has 0 unspecified atom stereocenters. The summed E-state index contributed by atoms with van der Waals surface area (Å²) < 4.78 is 4.86. The van der Waals surface area contributed by atoms with E-state index in [9.17, 15) is 0 Å². The molecule has 1 heterocycles. The normalized spacial score (nSPS) is 9.00. The lowest BCUT2D eigenvalue weighted by Gasteiger charge is -1.98. The van der Waals surface area contributed by atoms with Crippen molar-refractivity contribution in [2.45, 2.75) is 0 Å². The number of rotatable bonds is 2. The minimum absolute atomic E-state index is 0.598. The van der Waals surface area contributed by atoms with E-state index < -0.39 is 0 Å². The Balaban J connectivity index is 2.80. The van der Waals surface area contributed by atoms with Crippen LogP contribution in [0.5, 0.6) is 5.75 Å². The van der Waals surface area contributed by atoms with Gasteiger partial charge in [0.15, 0.2) is 5.75 Å². The van der Waals surface area contributed by atoms with E-state index in [-0.39, 0.29) is 0 Å². The third-order valence-corrected chi connectivity index (χ3v) is 1.09. The standard InChI is InChI=1S/C6H9N3O/c1-7-6-8-3-5(10-2)4-9-6/h3-4H,1-2H3,(H,7,8,9). The number of hydrogen-bond acceptors (Lipinski definition) is 4. The van der Waals surface area contributed by atoms with E-state index in [0.29, 0.717) is 11.7 Å². The van der Waals surface area contributed by atoms with Crippen LogP contribution in [0.2, 0.25) is 0 Å². The van der Waals surface area contributed by atoms with Crippen molar-refractivity contribution in [1.82, 2.24) is 9.97 Å². The number of hydrogen-bond donors (Lipinski definition) is 1. The zero-order valence-electron chi connectivity index (χ0n) is 5.96. The van der Waals surface area contributed by atoms with Crippen LogP contribution < -0.4 is 10.1 Å². The molecular weight excluding hydrogens is 130 g/mol.